The molecule has 0 aliphatic heterocycles. The fourth-order valence-corrected chi connectivity index (χ4v) is 2.23. The van der Waals surface area contributed by atoms with Gasteiger partial charge in [0, 0.05) is 29.1 Å². The second-order valence-corrected chi connectivity index (χ2v) is 5.23. The number of thiol groups is 1. The zero-order valence-electron chi connectivity index (χ0n) is 10.5. The summed E-state index contributed by atoms with van der Waals surface area (Å²) in [6.45, 7) is 0.481. The van der Waals surface area contributed by atoms with Crippen LogP contribution in [0.5, 0.6) is 0 Å². The first-order chi connectivity index (χ1) is 9.08. The van der Waals surface area contributed by atoms with Gasteiger partial charge in [-0.1, -0.05) is 35.9 Å². The highest BCUT2D eigenvalue weighted by molar-refractivity contribution is 7.80. The maximum absolute atomic E-state index is 12.3. The normalized spacial score (nSPS) is 10.3. The summed E-state index contributed by atoms with van der Waals surface area (Å²) in [5, 5.41) is 0.671. The summed E-state index contributed by atoms with van der Waals surface area (Å²) in [6, 6.07) is 14.7. The van der Waals surface area contributed by atoms with Crippen LogP contribution in [-0.2, 0) is 6.54 Å². The Balaban J connectivity index is 2.14. The lowest BCUT2D eigenvalue weighted by Crippen LogP contribution is -2.26. The summed E-state index contributed by atoms with van der Waals surface area (Å²) in [5.74, 6) is -0.0455. The molecule has 0 unspecified atom stereocenters. The van der Waals surface area contributed by atoms with Crippen LogP contribution in [0.25, 0.3) is 0 Å². The van der Waals surface area contributed by atoms with Crippen LogP contribution in [0, 0.1) is 0 Å². The maximum atomic E-state index is 12.3. The van der Waals surface area contributed by atoms with E-state index in [1.807, 2.05) is 36.4 Å². The number of hydrogen-bond acceptors (Lipinski definition) is 2. The zero-order chi connectivity index (χ0) is 13.8. The van der Waals surface area contributed by atoms with Gasteiger partial charge < -0.3 is 4.90 Å². The smallest absolute Gasteiger partial charge is 0.253 e. The summed E-state index contributed by atoms with van der Waals surface area (Å²) < 4.78 is 0. The molecule has 2 aromatic carbocycles. The predicted octanol–water partition coefficient (Wildman–Crippen LogP) is 3.90. The molecule has 0 saturated carbocycles. The Labute approximate surface area is 123 Å². The van der Waals surface area contributed by atoms with Crippen molar-refractivity contribution in [1.29, 1.82) is 0 Å². The van der Waals surface area contributed by atoms with E-state index in [0.29, 0.717) is 17.1 Å². The van der Waals surface area contributed by atoms with Crippen molar-refractivity contribution in [2.45, 2.75) is 11.4 Å². The average molecular weight is 292 g/mol. The third-order valence-corrected chi connectivity index (χ3v) is 3.45. The number of rotatable bonds is 3. The zero-order valence-corrected chi connectivity index (χ0v) is 12.2. The molecule has 0 atom stereocenters. The van der Waals surface area contributed by atoms with Crippen LogP contribution in [-0.4, -0.2) is 17.9 Å². The fourth-order valence-electron chi connectivity index (χ4n) is 1.81. The van der Waals surface area contributed by atoms with Gasteiger partial charge in [0.15, 0.2) is 0 Å². The van der Waals surface area contributed by atoms with E-state index < -0.39 is 0 Å². The van der Waals surface area contributed by atoms with Crippen molar-refractivity contribution in [3.05, 3.63) is 64.7 Å². The van der Waals surface area contributed by atoms with Crippen LogP contribution in [0.1, 0.15) is 15.9 Å². The Kier molecular flexibility index (Phi) is 4.51. The molecule has 19 heavy (non-hydrogen) atoms. The molecule has 2 nitrogen and oxygen atoms in total. The van der Waals surface area contributed by atoms with Crippen molar-refractivity contribution in [2.24, 2.45) is 0 Å². The first kappa shape index (κ1) is 14.0. The third kappa shape index (κ3) is 3.52. The van der Waals surface area contributed by atoms with Crippen molar-refractivity contribution in [3.63, 3.8) is 0 Å². The summed E-state index contributed by atoms with van der Waals surface area (Å²) >= 11 is 10.3. The number of halogens is 1. The minimum Gasteiger partial charge on any atom is -0.337 e. The molecule has 1 amide bonds. The Morgan fingerprint density at radius 3 is 2.63 bits per heavy atom. The number of nitrogens with zero attached hydrogens (tertiary/aromatic N) is 1. The molecular weight excluding hydrogens is 278 g/mol. The van der Waals surface area contributed by atoms with Gasteiger partial charge in [0.2, 0.25) is 0 Å². The lowest BCUT2D eigenvalue weighted by atomic mass is 10.1. The van der Waals surface area contributed by atoms with Gasteiger partial charge in [-0.2, -0.15) is 0 Å². The molecule has 2 aromatic rings. The maximum Gasteiger partial charge on any atom is 0.253 e. The second-order valence-electron chi connectivity index (χ2n) is 4.30. The highest BCUT2D eigenvalue weighted by Crippen LogP contribution is 2.18. The number of carbonyl (C=O) groups excluding carboxylic acids is 1. The third-order valence-electron chi connectivity index (χ3n) is 2.81. The van der Waals surface area contributed by atoms with Gasteiger partial charge in [0.1, 0.15) is 0 Å². The molecule has 0 bridgehead atoms. The Morgan fingerprint density at radius 1 is 1.21 bits per heavy atom. The van der Waals surface area contributed by atoms with Gasteiger partial charge in [-0.05, 0) is 29.8 Å². The number of benzene rings is 2. The van der Waals surface area contributed by atoms with Crippen LogP contribution in [0.2, 0.25) is 5.02 Å². The largest absolute Gasteiger partial charge is 0.337 e. The van der Waals surface area contributed by atoms with E-state index >= 15 is 0 Å². The number of carbonyl (C=O) groups is 1. The lowest BCUT2D eigenvalue weighted by molar-refractivity contribution is 0.0785. The fraction of sp³-hybridized carbons (Fsp3) is 0.133. The van der Waals surface area contributed by atoms with E-state index in [4.69, 9.17) is 11.6 Å². The van der Waals surface area contributed by atoms with Crippen LogP contribution < -0.4 is 0 Å². The van der Waals surface area contributed by atoms with Gasteiger partial charge in [-0.15, -0.1) is 12.6 Å². The van der Waals surface area contributed by atoms with E-state index in [1.165, 1.54) is 0 Å². The molecule has 0 N–H and O–H groups in total. The lowest BCUT2D eigenvalue weighted by Gasteiger charge is -2.18. The standard InChI is InChI=1S/C15H14ClNOS/c1-17(10-12-5-2-3-8-14(12)16)15(18)11-6-4-7-13(19)9-11/h2-9,19H,10H2,1H3. The SMILES string of the molecule is CN(Cc1ccccc1Cl)C(=O)c1cccc(S)c1. The quantitative estimate of drug-likeness (QED) is 0.851. The molecule has 0 aliphatic rings. The molecule has 0 aromatic heterocycles. The molecule has 2 rings (SSSR count). The summed E-state index contributed by atoms with van der Waals surface area (Å²) in [4.78, 5) is 14.7. The van der Waals surface area contributed by atoms with E-state index in [0.717, 1.165) is 10.5 Å². The average Bonchev–Trinajstić information content (AvgIpc) is 2.40. The summed E-state index contributed by atoms with van der Waals surface area (Å²) in [5.41, 5.74) is 1.56. The highest BCUT2D eigenvalue weighted by atomic mass is 35.5. The Morgan fingerprint density at radius 2 is 1.95 bits per heavy atom. The molecule has 0 spiro atoms. The van der Waals surface area contributed by atoms with Gasteiger partial charge in [0.25, 0.3) is 5.91 Å². The van der Waals surface area contributed by atoms with Gasteiger partial charge in [-0.25, -0.2) is 0 Å². The topological polar surface area (TPSA) is 20.3 Å². The summed E-state index contributed by atoms with van der Waals surface area (Å²) in [7, 11) is 1.76. The second kappa shape index (κ2) is 6.13. The first-order valence-corrected chi connectivity index (χ1v) is 6.68. The molecule has 0 heterocycles. The summed E-state index contributed by atoms with van der Waals surface area (Å²) in [6.07, 6.45) is 0. The van der Waals surface area contributed by atoms with Crippen molar-refractivity contribution < 1.29 is 4.79 Å². The highest BCUT2D eigenvalue weighted by Gasteiger charge is 2.13. The van der Waals surface area contributed by atoms with Crippen molar-refractivity contribution in [3.8, 4) is 0 Å². The molecule has 0 fully saturated rings. The van der Waals surface area contributed by atoms with Crippen molar-refractivity contribution >= 4 is 30.1 Å². The predicted molar refractivity (Wildman–Crippen MR) is 80.9 cm³/mol. The van der Waals surface area contributed by atoms with E-state index in [2.05, 4.69) is 12.6 Å². The van der Waals surface area contributed by atoms with Crippen LogP contribution in [0.4, 0.5) is 0 Å². The van der Waals surface area contributed by atoms with Gasteiger partial charge in [0.05, 0.1) is 0 Å². The van der Waals surface area contributed by atoms with E-state index in [-0.39, 0.29) is 5.91 Å². The van der Waals surface area contributed by atoms with Gasteiger partial charge in [-0.3, -0.25) is 4.79 Å². The minimum absolute atomic E-state index is 0.0455. The molecule has 0 radical (unpaired) electrons. The van der Waals surface area contributed by atoms with E-state index in [9.17, 15) is 4.79 Å². The minimum atomic E-state index is -0.0455. The van der Waals surface area contributed by atoms with Crippen LogP contribution in [0.3, 0.4) is 0 Å². The number of hydrogen-bond donors (Lipinski definition) is 1. The molecule has 0 saturated heterocycles. The Bertz CT molecular complexity index is 600. The molecule has 4 heteroatoms. The monoisotopic (exact) mass is 291 g/mol. The first-order valence-electron chi connectivity index (χ1n) is 5.86. The van der Waals surface area contributed by atoms with E-state index in [1.54, 1.807) is 24.1 Å². The van der Waals surface area contributed by atoms with Crippen LogP contribution in [0.15, 0.2) is 53.4 Å². The molecular formula is C15H14ClNOS. The molecule has 98 valence electrons. The van der Waals surface area contributed by atoms with Crippen molar-refractivity contribution in [2.75, 3.05) is 7.05 Å². The van der Waals surface area contributed by atoms with Crippen LogP contribution >= 0.6 is 24.2 Å². The number of amides is 1. The Hall–Kier alpha value is -1.45. The van der Waals surface area contributed by atoms with Gasteiger partial charge >= 0.3 is 0 Å². The molecule has 0 aliphatic carbocycles. The van der Waals surface area contributed by atoms with Crippen molar-refractivity contribution in [1.82, 2.24) is 4.90 Å².